The van der Waals surface area contributed by atoms with Crippen LogP contribution in [0.2, 0.25) is 0 Å². The molecule has 1 rings (SSSR count). The maximum absolute atomic E-state index is 12.9. The Morgan fingerprint density at radius 2 is 2.10 bits per heavy atom. The summed E-state index contributed by atoms with van der Waals surface area (Å²) in [5.74, 6) is -0.299. The van der Waals surface area contributed by atoms with Gasteiger partial charge in [0.25, 0.3) is 0 Å². The third-order valence-corrected chi connectivity index (χ3v) is 2.52. The molecule has 2 N–H and O–H groups in total. The van der Waals surface area contributed by atoms with Crippen molar-refractivity contribution in [2.24, 2.45) is 0 Å². The van der Waals surface area contributed by atoms with Crippen LogP contribution in [0.15, 0.2) is 12.1 Å². The third kappa shape index (κ3) is 1.23. The molecule has 0 aliphatic carbocycles. The summed E-state index contributed by atoms with van der Waals surface area (Å²) in [5, 5.41) is 0. The molecule has 0 aliphatic rings. The lowest BCUT2D eigenvalue weighted by molar-refractivity contribution is 0.622. The molecule has 0 unspecified atom stereocenters. The van der Waals surface area contributed by atoms with E-state index in [-0.39, 0.29) is 11.5 Å². The van der Waals surface area contributed by atoms with Crippen LogP contribution >= 0.6 is 22.6 Å². The van der Waals surface area contributed by atoms with Gasteiger partial charge in [-0.3, -0.25) is 0 Å². The molecule has 1 aromatic carbocycles. The Kier molecular flexibility index (Phi) is 2.13. The second kappa shape index (κ2) is 2.74. The molecule has 10 heavy (non-hydrogen) atoms. The lowest BCUT2D eigenvalue weighted by Gasteiger charge is -2.01. The zero-order valence-electron chi connectivity index (χ0n) is 5.49. The quantitative estimate of drug-likeness (QED) is 0.555. The molecule has 3 heteroatoms. The molecule has 0 amide bonds. The zero-order valence-corrected chi connectivity index (χ0v) is 7.65. The minimum absolute atomic E-state index is 0.220. The lowest BCUT2D eigenvalue weighted by atomic mass is 10.2. The lowest BCUT2D eigenvalue weighted by Crippen LogP contribution is -1.94. The predicted octanol–water partition coefficient (Wildman–Crippen LogP) is 2.32. The summed E-state index contributed by atoms with van der Waals surface area (Å²) in [6, 6.07) is 3.37. The Morgan fingerprint density at radius 3 is 2.60 bits per heavy atom. The first-order valence-corrected chi connectivity index (χ1v) is 3.91. The topological polar surface area (TPSA) is 26.0 Å². The van der Waals surface area contributed by atoms with E-state index in [1.165, 1.54) is 0 Å². The van der Waals surface area contributed by atoms with Crippen molar-refractivity contribution in [3.05, 3.63) is 27.1 Å². The molecule has 0 bridgehead atoms. The number of anilines is 1. The van der Waals surface area contributed by atoms with Crippen LogP contribution in [-0.2, 0) is 0 Å². The Hall–Kier alpha value is -0.320. The summed E-state index contributed by atoms with van der Waals surface area (Å²) in [7, 11) is 0. The first kappa shape index (κ1) is 7.78. The van der Waals surface area contributed by atoms with Gasteiger partial charge in [-0.25, -0.2) is 4.39 Å². The average molecular weight is 251 g/mol. The number of nitrogen functional groups attached to an aromatic ring is 1. The highest BCUT2D eigenvalue weighted by atomic mass is 127. The van der Waals surface area contributed by atoms with E-state index < -0.39 is 0 Å². The highest BCUT2D eigenvalue weighted by Gasteiger charge is 2.03. The fourth-order valence-electron chi connectivity index (χ4n) is 0.682. The second-order valence-electron chi connectivity index (χ2n) is 2.08. The molecule has 0 saturated heterocycles. The first-order valence-electron chi connectivity index (χ1n) is 2.83. The van der Waals surface area contributed by atoms with Gasteiger partial charge in [0.05, 0.1) is 5.69 Å². The fourth-order valence-corrected chi connectivity index (χ4v) is 1.10. The normalized spacial score (nSPS) is 9.90. The Morgan fingerprint density at radius 1 is 1.50 bits per heavy atom. The predicted molar refractivity (Wildman–Crippen MR) is 48.3 cm³/mol. The maximum Gasteiger partial charge on any atom is 0.150 e. The average Bonchev–Trinajstić information content (AvgIpc) is 1.93. The molecule has 0 radical (unpaired) electrons. The number of benzene rings is 1. The van der Waals surface area contributed by atoms with Crippen molar-refractivity contribution in [3.8, 4) is 0 Å². The second-order valence-corrected chi connectivity index (χ2v) is 3.24. The van der Waals surface area contributed by atoms with Gasteiger partial charge in [-0.1, -0.05) is 0 Å². The molecule has 0 aliphatic heterocycles. The SMILES string of the molecule is Cc1c(I)ccc(N)c1F. The van der Waals surface area contributed by atoms with Crippen LogP contribution < -0.4 is 5.73 Å². The fraction of sp³-hybridized carbons (Fsp3) is 0.143. The molecule has 54 valence electrons. The summed E-state index contributed by atoms with van der Waals surface area (Å²) in [5.41, 5.74) is 6.16. The van der Waals surface area contributed by atoms with E-state index in [1.54, 1.807) is 19.1 Å². The monoisotopic (exact) mass is 251 g/mol. The van der Waals surface area contributed by atoms with Gasteiger partial charge < -0.3 is 5.73 Å². The summed E-state index contributed by atoms with van der Waals surface area (Å²) in [6.07, 6.45) is 0. The molecule has 0 saturated carbocycles. The molecule has 1 aromatic rings. The Balaban J connectivity index is 3.34. The molecule has 0 atom stereocenters. The Bertz CT molecular complexity index is 233. The van der Waals surface area contributed by atoms with Gasteiger partial charge in [-0.05, 0) is 41.6 Å². The number of hydrogen-bond donors (Lipinski definition) is 1. The van der Waals surface area contributed by atoms with E-state index in [2.05, 4.69) is 22.6 Å². The minimum Gasteiger partial charge on any atom is -0.396 e. The summed E-state index contributed by atoms with van der Waals surface area (Å²) < 4.78 is 13.8. The molecule has 0 fully saturated rings. The number of halogens is 2. The van der Waals surface area contributed by atoms with Crippen molar-refractivity contribution in [2.45, 2.75) is 6.92 Å². The zero-order chi connectivity index (χ0) is 7.72. The Labute approximate surface area is 72.6 Å². The number of hydrogen-bond acceptors (Lipinski definition) is 1. The molecular weight excluding hydrogens is 244 g/mol. The van der Waals surface area contributed by atoms with Crippen LogP contribution in [0.3, 0.4) is 0 Å². The minimum atomic E-state index is -0.299. The highest BCUT2D eigenvalue weighted by molar-refractivity contribution is 14.1. The number of rotatable bonds is 0. The maximum atomic E-state index is 12.9. The summed E-state index contributed by atoms with van der Waals surface area (Å²) in [6.45, 7) is 1.72. The first-order chi connectivity index (χ1) is 4.63. The standard InChI is InChI=1S/C7H7FIN/c1-4-5(9)2-3-6(10)7(4)8/h2-3H,10H2,1H3. The van der Waals surface area contributed by atoms with Gasteiger partial charge in [-0.15, -0.1) is 0 Å². The van der Waals surface area contributed by atoms with Crippen LogP contribution in [0.1, 0.15) is 5.56 Å². The number of nitrogens with two attached hydrogens (primary N) is 1. The van der Waals surface area contributed by atoms with Crippen LogP contribution in [0, 0.1) is 16.3 Å². The van der Waals surface area contributed by atoms with Crippen LogP contribution in [0.4, 0.5) is 10.1 Å². The van der Waals surface area contributed by atoms with Crippen molar-refractivity contribution >= 4 is 28.3 Å². The van der Waals surface area contributed by atoms with E-state index in [9.17, 15) is 4.39 Å². The summed E-state index contributed by atoms with van der Waals surface area (Å²) in [4.78, 5) is 0. The largest absolute Gasteiger partial charge is 0.396 e. The highest BCUT2D eigenvalue weighted by Crippen LogP contribution is 2.19. The van der Waals surface area contributed by atoms with E-state index in [1.807, 2.05) is 0 Å². The van der Waals surface area contributed by atoms with E-state index in [0.29, 0.717) is 5.56 Å². The molecule has 1 nitrogen and oxygen atoms in total. The molecule has 0 aromatic heterocycles. The van der Waals surface area contributed by atoms with Crippen LogP contribution in [0.5, 0.6) is 0 Å². The van der Waals surface area contributed by atoms with Gasteiger partial charge in [0, 0.05) is 9.13 Å². The van der Waals surface area contributed by atoms with Gasteiger partial charge >= 0.3 is 0 Å². The van der Waals surface area contributed by atoms with Crippen LogP contribution in [-0.4, -0.2) is 0 Å². The van der Waals surface area contributed by atoms with Crippen molar-refractivity contribution in [1.82, 2.24) is 0 Å². The smallest absolute Gasteiger partial charge is 0.150 e. The van der Waals surface area contributed by atoms with E-state index >= 15 is 0 Å². The van der Waals surface area contributed by atoms with Gasteiger partial charge in [0.15, 0.2) is 0 Å². The van der Waals surface area contributed by atoms with Gasteiger partial charge in [0.2, 0.25) is 0 Å². The molecular formula is C7H7FIN. The third-order valence-electron chi connectivity index (χ3n) is 1.35. The molecule has 0 heterocycles. The van der Waals surface area contributed by atoms with E-state index in [4.69, 9.17) is 5.73 Å². The van der Waals surface area contributed by atoms with Crippen molar-refractivity contribution in [2.75, 3.05) is 5.73 Å². The van der Waals surface area contributed by atoms with Crippen molar-refractivity contribution in [3.63, 3.8) is 0 Å². The van der Waals surface area contributed by atoms with Gasteiger partial charge in [0.1, 0.15) is 5.82 Å². The van der Waals surface area contributed by atoms with Gasteiger partial charge in [-0.2, -0.15) is 0 Å². The van der Waals surface area contributed by atoms with Crippen LogP contribution in [0.25, 0.3) is 0 Å². The molecule has 0 spiro atoms. The summed E-state index contributed by atoms with van der Waals surface area (Å²) >= 11 is 2.07. The van der Waals surface area contributed by atoms with Crippen molar-refractivity contribution in [1.29, 1.82) is 0 Å². The van der Waals surface area contributed by atoms with Crippen molar-refractivity contribution < 1.29 is 4.39 Å². The van der Waals surface area contributed by atoms with E-state index in [0.717, 1.165) is 3.57 Å².